The van der Waals surface area contributed by atoms with Gasteiger partial charge in [-0.1, -0.05) is 23.7 Å². The second kappa shape index (κ2) is 17.9. The molecule has 4 aliphatic heterocycles. The molecule has 67 heavy (non-hydrogen) atoms. The smallest absolute Gasteiger partial charge is 0.328 e. The largest absolute Gasteiger partial charge is 0.385 e. The Morgan fingerprint density at radius 2 is 1.72 bits per heavy atom. The maximum absolute atomic E-state index is 16.3. The van der Waals surface area contributed by atoms with Crippen molar-refractivity contribution in [3.8, 4) is 0 Å². The number of piperidine rings is 2. The van der Waals surface area contributed by atoms with Gasteiger partial charge in [0.2, 0.25) is 5.91 Å². The van der Waals surface area contributed by atoms with E-state index >= 15 is 8.78 Å². The van der Waals surface area contributed by atoms with Gasteiger partial charge in [-0.15, -0.1) is 5.10 Å². The standard InChI is InChI=1S/C49H59ClF2N10O5/c1-29-23-31(25-38(43(29)50)61-20-13-42(63)56-47(61)66)46(65)58-21-16-48(17-22-58)14-9-33(10-15-48)59-18-11-32(49(51,52)28-59)24-30-5-4-6-37-34(30)12-19-60(37)41-26-36(53-2)44-54-27-39(62(44)57-41)45(64)55-35-7-8-40(35)67-3/h4-6,23,25-27,32-33,35,40,53H,7-22,24,28H2,1-3H3,(H,55,64)(H,56,63,66)/t32?,35-,40-/m1/s1. The van der Waals surface area contributed by atoms with Gasteiger partial charge in [0.15, 0.2) is 17.2 Å². The van der Waals surface area contributed by atoms with E-state index in [4.69, 9.17) is 21.4 Å². The number of ether oxygens (including phenoxy) is 1. The number of urea groups is 1. The van der Waals surface area contributed by atoms with Crippen molar-refractivity contribution >= 4 is 63.9 Å². The number of anilines is 4. The van der Waals surface area contributed by atoms with Gasteiger partial charge in [-0.05, 0) is 124 Å². The number of likely N-dealkylation sites (tertiary alicyclic amines) is 2. The Kier molecular flexibility index (Phi) is 12.1. The molecule has 5 amide bonds. The van der Waals surface area contributed by atoms with Gasteiger partial charge in [-0.25, -0.2) is 23.1 Å². The second-order valence-electron chi connectivity index (χ2n) is 19.6. The van der Waals surface area contributed by atoms with E-state index in [2.05, 4.69) is 25.8 Å². The van der Waals surface area contributed by atoms with Crippen LogP contribution in [0.1, 0.15) is 102 Å². The summed E-state index contributed by atoms with van der Waals surface area (Å²) in [5, 5.41) is 13.9. The number of hydrogen-bond donors (Lipinski definition) is 3. The number of imide groups is 1. The van der Waals surface area contributed by atoms with Crippen molar-refractivity contribution in [3.63, 3.8) is 0 Å². The molecule has 6 heterocycles. The molecular weight excluding hydrogens is 882 g/mol. The maximum atomic E-state index is 16.3. The van der Waals surface area contributed by atoms with Crippen molar-refractivity contribution in [2.45, 2.75) is 108 Å². The Labute approximate surface area is 393 Å². The highest BCUT2D eigenvalue weighted by molar-refractivity contribution is 6.35. The first-order valence-corrected chi connectivity index (χ1v) is 24.2. The number of hydrogen-bond acceptors (Lipinski definition) is 10. The maximum Gasteiger partial charge on any atom is 0.328 e. The summed E-state index contributed by atoms with van der Waals surface area (Å²) in [6.07, 6.45) is 10.2. The number of aromatic nitrogens is 3. The summed E-state index contributed by atoms with van der Waals surface area (Å²) < 4.78 is 39.7. The lowest BCUT2D eigenvalue weighted by molar-refractivity contribution is -0.124. The van der Waals surface area contributed by atoms with E-state index in [-0.39, 0.29) is 60.8 Å². The summed E-state index contributed by atoms with van der Waals surface area (Å²) in [6, 6.07) is 10.8. The van der Waals surface area contributed by atoms with Crippen molar-refractivity contribution in [1.82, 2.24) is 35.0 Å². The fourth-order valence-corrected chi connectivity index (χ4v) is 11.9. The number of amides is 5. The zero-order valence-corrected chi connectivity index (χ0v) is 39.1. The Balaban J connectivity index is 0.750. The molecule has 3 atom stereocenters. The van der Waals surface area contributed by atoms with Gasteiger partial charge in [0.25, 0.3) is 17.7 Å². The lowest BCUT2D eigenvalue weighted by atomic mass is 9.66. The number of aryl methyl sites for hydroxylation is 1. The van der Waals surface area contributed by atoms with Crippen LogP contribution in [0.2, 0.25) is 5.02 Å². The minimum atomic E-state index is -2.84. The van der Waals surface area contributed by atoms with Crippen molar-refractivity contribution in [2.75, 3.05) is 68.5 Å². The predicted octanol–water partition coefficient (Wildman–Crippen LogP) is 7.15. The number of rotatable bonds is 10. The van der Waals surface area contributed by atoms with Crippen molar-refractivity contribution in [3.05, 3.63) is 75.6 Å². The van der Waals surface area contributed by atoms with Crippen LogP contribution in [0.25, 0.3) is 5.65 Å². The number of imidazole rings is 1. The minimum Gasteiger partial charge on any atom is -0.385 e. The fourth-order valence-electron chi connectivity index (χ4n) is 11.7. The average Bonchev–Trinajstić information content (AvgIpc) is 3.95. The van der Waals surface area contributed by atoms with Crippen LogP contribution in [-0.4, -0.2) is 126 Å². The van der Waals surface area contributed by atoms with Gasteiger partial charge >= 0.3 is 6.03 Å². The van der Waals surface area contributed by atoms with Crippen LogP contribution in [0.15, 0.2) is 42.6 Å². The van der Waals surface area contributed by atoms with Gasteiger partial charge in [-0.3, -0.25) is 29.5 Å². The molecule has 4 aromatic rings. The monoisotopic (exact) mass is 940 g/mol. The third-order valence-corrected chi connectivity index (χ3v) is 16.4. The number of carbonyl (C=O) groups excluding carboxylic acids is 4. The van der Waals surface area contributed by atoms with Gasteiger partial charge in [0.1, 0.15) is 0 Å². The van der Waals surface area contributed by atoms with Gasteiger partial charge in [-0.2, -0.15) is 0 Å². The Morgan fingerprint density at radius 3 is 2.42 bits per heavy atom. The van der Waals surface area contributed by atoms with E-state index in [0.717, 1.165) is 73.9 Å². The van der Waals surface area contributed by atoms with Crippen molar-refractivity contribution < 1.29 is 32.7 Å². The molecule has 15 nitrogen and oxygen atoms in total. The summed E-state index contributed by atoms with van der Waals surface area (Å²) in [7, 11) is 3.46. The molecule has 6 aliphatic rings. The van der Waals surface area contributed by atoms with E-state index in [0.29, 0.717) is 84.4 Å². The Morgan fingerprint density at radius 1 is 0.940 bits per heavy atom. The highest BCUT2D eigenvalue weighted by Crippen LogP contribution is 2.48. The predicted molar refractivity (Wildman–Crippen MR) is 251 cm³/mol. The van der Waals surface area contributed by atoms with Gasteiger partial charge < -0.3 is 25.2 Å². The summed E-state index contributed by atoms with van der Waals surface area (Å²) >= 11 is 6.60. The Bertz CT molecular complexity index is 2610. The van der Waals surface area contributed by atoms with Crippen molar-refractivity contribution in [1.29, 1.82) is 0 Å². The number of fused-ring (bicyclic) bond motifs is 2. The van der Waals surface area contributed by atoms with E-state index in [1.54, 1.807) is 43.9 Å². The van der Waals surface area contributed by atoms with Crippen LogP contribution in [0.3, 0.4) is 0 Å². The highest BCUT2D eigenvalue weighted by Gasteiger charge is 2.48. The van der Waals surface area contributed by atoms with Crippen LogP contribution in [0.5, 0.6) is 0 Å². The summed E-state index contributed by atoms with van der Waals surface area (Å²) in [6.45, 7) is 4.23. The minimum absolute atomic E-state index is 0.0100. The first-order chi connectivity index (χ1) is 32.2. The first-order valence-electron chi connectivity index (χ1n) is 23.9. The lowest BCUT2D eigenvalue weighted by Gasteiger charge is -2.49. The number of carbonyl (C=O) groups is 4. The molecule has 3 saturated heterocycles. The summed E-state index contributed by atoms with van der Waals surface area (Å²) in [5.74, 6) is -3.70. The van der Waals surface area contributed by atoms with Crippen LogP contribution in [0, 0.1) is 18.3 Å². The molecule has 18 heteroatoms. The average molecular weight is 942 g/mol. The van der Waals surface area contributed by atoms with E-state index in [1.165, 1.54) is 4.90 Å². The summed E-state index contributed by atoms with van der Waals surface area (Å²) in [5.41, 5.74) is 6.18. The number of nitrogens with one attached hydrogen (secondary N) is 3. The summed E-state index contributed by atoms with van der Waals surface area (Å²) in [4.78, 5) is 63.6. The van der Waals surface area contributed by atoms with Crippen LogP contribution >= 0.6 is 11.6 Å². The highest BCUT2D eigenvalue weighted by atomic mass is 35.5. The topological polar surface area (TPSA) is 157 Å². The lowest BCUT2D eigenvalue weighted by Crippen LogP contribution is -2.54. The molecule has 2 aromatic carbocycles. The van der Waals surface area contributed by atoms with Crippen LogP contribution < -0.4 is 25.8 Å². The molecule has 3 N–H and O–H groups in total. The molecule has 10 rings (SSSR count). The van der Waals surface area contributed by atoms with E-state index in [1.807, 2.05) is 34.1 Å². The number of halogens is 3. The molecule has 356 valence electrons. The zero-order valence-electron chi connectivity index (χ0n) is 38.4. The molecule has 0 bridgehead atoms. The molecular formula is C49H59ClF2N10O5. The second-order valence-corrected chi connectivity index (χ2v) is 20.0. The zero-order chi connectivity index (χ0) is 46.8. The number of methoxy groups -OCH3 is 1. The Hall–Kier alpha value is -5.39. The molecule has 2 saturated carbocycles. The molecule has 5 fully saturated rings. The molecule has 1 spiro atoms. The number of alkyl halides is 2. The SMILES string of the molecule is CNc1cc(N2CCc3c(CC4CCN(C5CCC6(CC5)CCN(C(=O)c5cc(C)c(Cl)c(N7CCC(=O)NC7=O)c5)CC6)CC4(F)F)cccc32)nn2c(C(=O)N[C@@H]3CC[C@H]3OC)cnc12. The third-order valence-electron chi connectivity index (χ3n) is 15.9. The fraction of sp³-hybridized carbons (Fsp3) is 0.551. The van der Waals surface area contributed by atoms with Crippen molar-refractivity contribution in [2.24, 2.45) is 11.3 Å². The first kappa shape index (κ1) is 45.4. The quantitative estimate of drug-likeness (QED) is 0.149. The molecule has 2 aromatic heterocycles. The molecule has 1 unspecified atom stereocenters. The van der Waals surface area contributed by atoms with Gasteiger partial charge in [0, 0.05) is 76.0 Å². The van der Waals surface area contributed by atoms with Gasteiger partial charge in [0.05, 0.1) is 41.3 Å². The normalized spacial score (nSPS) is 24.1. The number of nitrogens with zero attached hydrogens (tertiary/aromatic N) is 7. The van der Waals surface area contributed by atoms with E-state index in [9.17, 15) is 19.2 Å². The van der Waals surface area contributed by atoms with Crippen LogP contribution in [-0.2, 0) is 22.4 Å². The van der Waals surface area contributed by atoms with Crippen LogP contribution in [0.4, 0.5) is 36.5 Å². The van der Waals surface area contributed by atoms with E-state index < -0.39 is 17.9 Å². The molecule has 2 aliphatic carbocycles. The number of benzene rings is 2. The molecule has 0 radical (unpaired) electrons. The third kappa shape index (κ3) is 8.49.